The Balaban J connectivity index is 2.90. The van der Waals surface area contributed by atoms with Crippen LogP contribution in [0, 0.1) is 21.7 Å². The van der Waals surface area contributed by atoms with Crippen LogP contribution in [0.1, 0.15) is 45.9 Å². The molecule has 0 aliphatic carbocycles. The number of pyridine rings is 1. The lowest BCUT2D eigenvalue weighted by molar-refractivity contribution is -0.519. The number of aliphatic hydroxyl groups is 1. The molecule has 0 spiro atoms. The molecule has 0 amide bonds. The van der Waals surface area contributed by atoms with E-state index >= 15 is 4.39 Å². The molecule has 194 valence electrons. The van der Waals surface area contributed by atoms with Crippen LogP contribution in [0.2, 0.25) is 18.1 Å². The summed E-state index contributed by atoms with van der Waals surface area (Å²) in [4.78, 5) is 13.4. The molecule has 0 saturated heterocycles. The van der Waals surface area contributed by atoms with Gasteiger partial charge < -0.3 is 9.53 Å². The molecule has 2 aromatic rings. The minimum Gasteiger partial charge on any atom is -0.408 e. The number of aromatic nitrogens is 1. The van der Waals surface area contributed by atoms with Crippen molar-refractivity contribution in [3.63, 3.8) is 0 Å². The zero-order valence-corrected chi connectivity index (χ0v) is 21.6. The minimum absolute atomic E-state index is 0.0826. The van der Waals surface area contributed by atoms with Crippen molar-refractivity contribution in [3.8, 4) is 11.3 Å². The Labute approximate surface area is 201 Å². The van der Waals surface area contributed by atoms with Gasteiger partial charge in [0.15, 0.2) is 14.1 Å². The molecule has 1 heterocycles. The average molecular weight is 521 g/mol. The molecule has 0 saturated carbocycles. The molecule has 0 bridgehead atoms. The SMILES string of the molecule is CC(C)(O[Si](C)(C)C(C)(C)C)c1cc([C@@](O)(C[N+](=O)[O-])C(F)(F)F)nc(-c2ccc(F)cc2)c1F. The molecule has 6 nitrogen and oxygen atoms in total. The van der Waals surface area contributed by atoms with E-state index in [9.17, 15) is 32.8 Å². The maximum atomic E-state index is 15.8. The number of hydrogen-bond donors (Lipinski definition) is 1. The predicted octanol–water partition coefficient (Wildman–Crippen LogP) is 6.31. The van der Waals surface area contributed by atoms with Crippen LogP contribution in [0.25, 0.3) is 11.3 Å². The summed E-state index contributed by atoms with van der Waals surface area (Å²) in [7, 11) is -2.61. The zero-order valence-electron chi connectivity index (χ0n) is 20.6. The van der Waals surface area contributed by atoms with E-state index in [0.29, 0.717) is 6.07 Å². The summed E-state index contributed by atoms with van der Waals surface area (Å²) in [5.74, 6) is -1.72. The van der Waals surface area contributed by atoms with Gasteiger partial charge in [-0.1, -0.05) is 20.8 Å². The van der Waals surface area contributed by atoms with Crippen LogP contribution in [0.15, 0.2) is 30.3 Å². The highest BCUT2D eigenvalue weighted by molar-refractivity contribution is 6.74. The Kier molecular flexibility index (Phi) is 7.58. The fourth-order valence-corrected chi connectivity index (χ4v) is 5.02. The summed E-state index contributed by atoms with van der Waals surface area (Å²) in [6.45, 7) is 10.5. The van der Waals surface area contributed by atoms with Crippen molar-refractivity contribution in [2.75, 3.05) is 6.54 Å². The van der Waals surface area contributed by atoms with E-state index in [2.05, 4.69) is 4.98 Å². The topological polar surface area (TPSA) is 85.5 Å². The second kappa shape index (κ2) is 9.21. The highest BCUT2D eigenvalue weighted by Gasteiger charge is 2.60. The first-order valence-electron chi connectivity index (χ1n) is 10.7. The molecule has 2 rings (SSSR count). The van der Waals surface area contributed by atoms with Crippen LogP contribution >= 0.6 is 0 Å². The van der Waals surface area contributed by atoms with E-state index in [4.69, 9.17) is 4.43 Å². The summed E-state index contributed by atoms with van der Waals surface area (Å²) < 4.78 is 77.4. The molecule has 1 aromatic heterocycles. The second-order valence-electron chi connectivity index (χ2n) is 10.4. The van der Waals surface area contributed by atoms with Gasteiger partial charge in [0.05, 0.1) is 11.3 Å². The van der Waals surface area contributed by atoms with Crippen LogP contribution in [-0.4, -0.2) is 36.1 Å². The highest BCUT2D eigenvalue weighted by Crippen LogP contribution is 2.45. The largest absolute Gasteiger partial charge is 0.429 e. The van der Waals surface area contributed by atoms with Gasteiger partial charge in [-0.25, -0.2) is 13.8 Å². The lowest BCUT2D eigenvalue weighted by Gasteiger charge is -2.43. The quantitative estimate of drug-likeness (QED) is 0.200. The third-order valence-corrected chi connectivity index (χ3v) is 10.9. The van der Waals surface area contributed by atoms with Crippen molar-refractivity contribution in [2.45, 2.75) is 70.1 Å². The highest BCUT2D eigenvalue weighted by atomic mass is 28.4. The molecule has 0 radical (unpaired) electrons. The molecule has 1 aromatic carbocycles. The van der Waals surface area contributed by atoms with Gasteiger partial charge in [0.1, 0.15) is 11.5 Å². The zero-order chi connectivity index (χ0) is 27.2. The lowest BCUT2D eigenvalue weighted by atomic mass is 9.90. The van der Waals surface area contributed by atoms with Gasteiger partial charge in [-0.3, -0.25) is 10.1 Å². The number of halogens is 5. The van der Waals surface area contributed by atoms with Crippen LogP contribution in [0.3, 0.4) is 0 Å². The number of rotatable bonds is 7. The van der Waals surface area contributed by atoms with Crippen LogP contribution in [0.5, 0.6) is 0 Å². The molecular formula is C23H29F5N2O4Si. The van der Waals surface area contributed by atoms with E-state index in [1.54, 1.807) is 0 Å². The summed E-state index contributed by atoms with van der Waals surface area (Å²) in [5.41, 5.74) is -7.78. The summed E-state index contributed by atoms with van der Waals surface area (Å²) in [6, 6.07) is 4.80. The van der Waals surface area contributed by atoms with E-state index in [1.807, 2.05) is 33.9 Å². The first-order chi connectivity index (χ1) is 15.6. The van der Waals surface area contributed by atoms with Crippen molar-refractivity contribution in [2.24, 2.45) is 0 Å². The summed E-state index contributed by atoms with van der Waals surface area (Å²) in [6.07, 6.45) is -5.51. The summed E-state index contributed by atoms with van der Waals surface area (Å²) >= 11 is 0. The molecule has 35 heavy (non-hydrogen) atoms. The molecule has 1 N–H and O–H groups in total. The van der Waals surface area contributed by atoms with Gasteiger partial charge in [0.2, 0.25) is 6.54 Å². The van der Waals surface area contributed by atoms with Crippen molar-refractivity contribution in [1.29, 1.82) is 0 Å². The third kappa shape index (κ3) is 5.87. The van der Waals surface area contributed by atoms with E-state index < -0.39 is 60.2 Å². The van der Waals surface area contributed by atoms with E-state index in [-0.39, 0.29) is 16.2 Å². The number of alkyl halides is 3. The fraction of sp³-hybridized carbons (Fsp3) is 0.522. The fourth-order valence-electron chi connectivity index (χ4n) is 3.33. The minimum atomic E-state index is -5.51. The lowest BCUT2D eigenvalue weighted by Crippen LogP contribution is -2.49. The Bertz CT molecular complexity index is 1100. The van der Waals surface area contributed by atoms with Crippen molar-refractivity contribution in [3.05, 3.63) is 63.3 Å². The smallest absolute Gasteiger partial charge is 0.408 e. The Morgan fingerprint density at radius 2 is 1.57 bits per heavy atom. The van der Waals surface area contributed by atoms with Crippen LogP contribution in [-0.2, 0) is 15.6 Å². The van der Waals surface area contributed by atoms with Gasteiger partial charge >= 0.3 is 6.18 Å². The standard InChI is InChI=1S/C23H29F5N2O4Si/c1-20(2,3)35(6,7)34-21(4,5)16-12-17(22(31,13-30(32)33)23(26,27)28)29-19(18(16)25)14-8-10-15(24)11-9-14/h8-12,31H,13H2,1-7H3/t22-/m0/s1. The molecule has 0 aliphatic rings. The molecule has 0 unspecified atom stereocenters. The molecule has 1 atom stereocenters. The maximum absolute atomic E-state index is 15.8. The number of nitrogens with zero attached hydrogens (tertiary/aromatic N) is 2. The van der Waals surface area contributed by atoms with Gasteiger partial charge in [-0.15, -0.1) is 0 Å². The normalized spacial score (nSPS) is 15.1. The van der Waals surface area contributed by atoms with Crippen LogP contribution in [0.4, 0.5) is 22.0 Å². The Morgan fingerprint density at radius 3 is 2.00 bits per heavy atom. The molecule has 12 heteroatoms. The Morgan fingerprint density at radius 1 is 1.06 bits per heavy atom. The average Bonchev–Trinajstić information content (AvgIpc) is 2.65. The Hall–Kier alpha value is -2.44. The van der Waals surface area contributed by atoms with Gasteiger partial charge in [-0.05, 0) is 62.3 Å². The number of nitro groups is 1. The molecular weight excluding hydrogens is 491 g/mol. The number of hydrogen-bond acceptors (Lipinski definition) is 5. The van der Waals surface area contributed by atoms with Crippen molar-refractivity contribution in [1.82, 2.24) is 4.98 Å². The predicted molar refractivity (Wildman–Crippen MR) is 123 cm³/mol. The van der Waals surface area contributed by atoms with E-state index in [1.165, 1.54) is 13.8 Å². The maximum Gasteiger partial charge on any atom is 0.429 e. The van der Waals surface area contributed by atoms with Crippen molar-refractivity contribution < 1.29 is 36.4 Å². The van der Waals surface area contributed by atoms with Crippen molar-refractivity contribution >= 4 is 8.32 Å². The summed E-state index contributed by atoms with van der Waals surface area (Å²) in [5, 5.41) is 21.2. The second-order valence-corrected chi connectivity index (χ2v) is 15.2. The monoisotopic (exact) mass is 520 g/mol. The van der Waals surface area contributed by atoms with E-state index in [0.717, 1.165) is 24.3 Å². The van der Waals surface area contributed by atoms with Crippen LogP contribution < -0.4 is 0 Å². The third-order valence-electron chi connectivity index (χ3n) is 6.29. The number of benzene rings is 1. The first kappa shape index (κ1) is 28.8. The molecule has 0 aliphatic heterocycles. The first-order valence-corrected chi connectivity index (χ1v) is 13.6. The van der Waals surface area contributed by atoms with Gasteiger partial charge in [-0.2, -0.15) is 13.2 Å². The van der Waals surface area contributed by atoms with Gasteiger partial charge in [0, 0.05) is 16.1 Å². The van der Waals surface area contributed by atoms with Gasteiger partial charge in [0.25, 0.3) is 5.60 Å². The molecule has 0 fully saturated rings.